The van der Waals surface area contributed by atoms with Crippen molar-refractivity contribution in [3.8, 4) is 0 Å². The van der Waals surface area contributed by atoms with Gasteiger partial charge in [-0.25, -0.2) is 0 Å². The summed E-state index contributed by atoms with van der Waals surface area (Å²) in [6.45, 7) is 2.20. The smallest absolute Gasteiger partial charge is 0.320 e. The predicted octanol–water partition coefficient (Wildman–Crippen LogP) is 0.705. The summed E-state index contributed by atoms with van der Waals surface area (Å²) in [5.41, 5.74) is 0. The van der Waals surface area contributed by atoms with Gasteiger partial charge in [0, 0.05) is 6.54 Å². The zero-order valence-corrected chi connectivity index (χ0v) is 12.4. The Morgan fingerprint density at radius 3 is 2.71 bits per heavy atom. The quantitative estimate of drug-likeness (QED) is 0.830. The maximum Gasteiger partial charge on any atom is 0.320 e. The topological polar surface area (TPSA) is 70.1 Å². The number of likely N-dealkylation sites (tertiary alicyclic amines) is 1. The molecular weight excluding hydrogens is 272 g/mol. The van der Waals surface area contributed by atoms with E-state index in [1.165, 1.54) is 6.42 Å². The third-order valence-electron chi connectivity index (χ3n) is 5.04. The lowest BCUT2D eigenvalue weighted by molar-refractivity contribution is -0.152. The van der Waals surface area contributed by atoms with Crippen molar-refractivity contribution in [2.75, 3.05) is 26.2 Å². The van der Waals surface area contributed by atoms with Crippen LogP contribution in [0, 0.1) is 0 Å². The van der Waals surface area contributed by atoms with Crippen LogP contribution in [0.1, 0.15) is 38.5 Å². The lowest BCUT2D eigenvalue weighted by Gasteiger charge is -2.44. The summed E-state index contributed by atoms with van der Waals surface area (Å²) in [6, 6.07) is -0.289. The number of carbonyl (C=O) groups is 2. The van der Waals surface area contributed by atoms with Crippen LogP contribution < -0.4 is 0 Å². The van der Waals surface area contributed by atoms with Crippen molar-refractivity contribution in [3.05, 3.63) is 0 Å². The molecule has 1 aliphatic carbocycles. The summed E-state index contributed by atoms with van der Waals surface area (Å²) >= 11 is 0. The van der Waals surface area contributed by atoms with Gasteiger partial charge in [-0.1, -0.05) is 12.8 Å². The van der Waals surface area contributed by atoms with Gasteiger partial charge in [0.25, 0.3) is 0 Å². The molecule has 1 amide bonds. The first-order valence-electron chi connectivity index (χ1n) is 8.05. The summed E-state index contributed by atoms with van der Waals surface area (Å²) in [7, 11) is 0. The molecule has 2 heterocycles. The third-order valence-corrected chi connectivity index (χ3v) is 5.04. The van der Waals surface area contributed by atoms with Crippen molar-refractivity contribution >= 4 is 11.9 Å². The van der Waals surface area contributed by atoms with Gasteiger partial charge >= 0.3 is 5.97 Å². The van der Waals surface area contributed by atoms with Gasteiger partial charge in [-0.2, -0.15) is 0 Å². The number of ether oxygens (including phenoxy) is 1. The zero-order valence-electron chi connectivity index (χ0n) is 12.4. The molecule has 0 bridgehead atoms. The number of nitrogens with zero attached hydrogens (tertiary/aromatic N) is 2. The molecule has 3 aliphatic rings. The van der Waals surface area contributed by atoms with E-state index in [0.29, 0.717) is 26.1 Å². The van der Waals surface area contributed by atoms with Gasteiger partial charge in [0.05, 0.1) is 25.3 Å². The molecule has 6 nitrogen and oxygen atoms in total. The van der Waals surface area contributed by atoms with Crippen LogP contribution in [0.2, 0.25) is 0 Å². The van der Waals surface area contributed by atoms with Gasteiger partial charge in [0.2, 0.25) is 5.91 Å². The highest BCUT2D eigenvalue weighted by molar-refractivity contribution is 5.80. The van der Waals surface area contributed by atoms with Crippen molar-refractivity contribution in [1.29, 1.82) is 0 Å². The number of carbonyl (C=O) groups excluding carboxylic acids is 1. The van der Waals surface area contributed by atoms with Gasteiger partial charge in [-0.3, -0.25) is 14.5 Å². The molecule has 0 aromatic carbocycles. The highest BCUT2D eigenvalue weighted by Crippen LogP contribution is 2.29. The van der Waals surface area contributed by atoms with E-state index >= 15 is 0 Å². The number of carboxylic acid groups (broad SMARTS) is 1. The Labute approximate surface area is 125 Å². The van der Waals surface area contributed by atoms with E-state index in [0.717, 1.165) is 25.7 Å². The third kappa shape index (κ3) is 3.06. The molecule has 3 rings (SSSR count). The minimum atomic E-state index is -0.808. The number of carboxylic acids is 1. The molecule has 1 saturated carbocycles. The first-order valence-corrected chi connectivity index (χ1v) is 8.05. The Hall–Kier alpha value is -1.14. The van der Waals surface area contributed by atoms with Crippen LogP contribution in [0.5, 0.6) is 0 Å². The second kappa shape index (κ2) is 6.32. The summed E-state index contributed by atoms with van der Waals surface area (Å²) in [5, 5.41) is 9.21. The molecule has 3 atom stereocenters. The van der Waals surface area contributed by atoms with Crippen LogP contribution in [0.3, 0.4) is 0 Å². The van der Waals surface area contributed by atoms with E-state index < -0.39 is 12.0 Å². The highest BCUT2D eigenvalue weighted by Gasteiger charge is 2.38. The molecule has 0 aromatic heterocycles. The fourth-order valence-corrected chi connectivity index (χ4v) is 3.97. The van der Waals surface area contributed by atoms with Crippen LogP contribution in [0.4, 0.5) is 0 Å². The van der Waals surface area contributed by atoms with Gasteiger partial charge in [0.15, 0.2) is 0 Å². The van der Waals surface area contributed by atoms with E-state index in [4.69, 9.17) is 4.74 Å². The van der Waals surface area contributed by atoms with Crippen LogP contribution in [0.25, 0.3) is 0 Å². The molecule has 0 radical (unpaired) electrons. The normalized spacial score (nSPS) is 33.7. The molecule has 0 spiro atoms. The minimum Gasteiger partial charge on any atom is -0.480 e. The van der Waals surface area contributed by atoms with Crippen LogP contribution in [-0.2, 0) is 14.3 Å². The van der Waals surface area contributed by atoms with E-state index in [2.05, 4.69) is 0 Å². The summed E-state index contributed by atoms with van der Waals surface area (Å²) in [6.07, 6.45) is 6.07. The lowest BCUT2D eigenvalue weighted by atomic mass is 9.90. The Balaban J connectivity index is 1.62. The average Bonchev–Trinajstić information content (AvgIpc) is 2.95. The predicted molar refractivity (Wildman–Crippen MR) is 75.9 cm³/mol. The lowest BCUT2D eigenvalue weighted by Crippen LogP contribution is -2.57. The second-order valence-electron chi connectivity index (χ2n) is 6.31. The van der Waals surface area contributed by atoms with E-state index in [1.807, 2.05) is 9.80 Å². The Morgan fingerprint density at radius 2 is 1.90 bits per heavy atom. The maximum atomic E-state index is 12.6. The van der Waals surface area contributed by atoms with Crippen LogP contribution in [-0.4, -0.2) is 71.2 Å². The molecule has 6 heteroatoms. The number of hydrogen-bond donors (Lipinski definition) is 1. The molecule has 118 valence electrons. The first kappa shape index (κ1) is 14.8. The van der Waals surface area contributed by atoms with E-state index in [9.17, 15) is 14.7 Å². The van der Waals surface area contributed by atoms with Crippen LogP contribution in [0.15, 0.2) is 0 Å². The highest BCUT2D eigenvalue weighted by atomic mass is 16.5. The standard InChI is InChI=1S/C15H24N2O4/c18-14(10-16-7-3-5-12(16)15(19)20)17-8-9-21-13-6-2-1-4-11(13)17/h11-13H,1-10H2,(H,19,20)/t11-,12+,13+/m0/s1. The molecule has 21 heavy (non-hydrogen) atoms. The molecular formula is C15H24N2O4. The van der Waals surface area contributed by atoms with Crippen LogP contribution >= 0.6 is 0 Å². The Kier molecular flexibility index (Phi) is 4.45. The number of hydrogen-bond acceptors (Lipinski definition) is 4. The van der Waals surface area contributed by atoms with Gasteiger partial charge in [-0.05, 0) is 32.2 Å². The van der Waals surface area contributed by atoms with Gasteiger partial charge in [0.1, 0.15) is 6.04 Å². The summed E-state index contributed by atoms with van der Waals surface area (Å²) in [4.78, 5) is 27.6. The molecule has 3 fully saturated rings. The van der Waals surface area contributed by atoms with Crippen molar-refractivity contribution < 1.29 is 19.4 Å². The molecule has 2 aliphatic heterocycles. The zero-order chi connectivity index (χ0) is 14.8. The Morgan fingerprint density at radius 1 is 1.10 bits per heavy atom. The van der Waals surface area contributed by atoms with Gasteiger partial charge < -0.3 is 14.7 Å². The summed E-state index contributed by atoms with van der Waals surface area (Å²) < 4.78 is 5.79. The largest absolute Gasteiger partial charge is 0.480 e. The fourth-order valence-electron chi connectivity index (χ4n) is 3.97. The number of fused-ring (bicyclic) bond motifs is 1. The molecule has 2 saturated heterocycles. The van der Waals surface area contributed by atoms with Crippen molar-refractivity contribution in [2.45, 2.75) is 56.7 Å². The number of amides is 1. The summed E-state index contributed by atoms with van der Waals surface area (Å²) in [5.74, 6) is -0.735. The van der Waals surface area contributed by atoms with Gasteiger partial charge in [-0.15, -0.1) is 0 Å². The van der Waals surface area contributed by atoms with Crippen molar-refractivity contribution in [3.63, 3.8) is 0 Å². The van der Waals surface area contributed by atoms with E-state index in [-0.39, 0.29) is 24.6 Å². The SMILES string of the molecule is O=C(O)[C@H]1CCCN1CC(=O)N1CCO[C@@H]2CCCC[C@@H]21. The number of rotatable bonds is 3. The van der Waals surface area contributed by atoms with E-state index in [1.54, 1.807) is 0 Å². The van der Waals surface area contributed by atoms with Crippen molar-refractivity contribution in [1.82, 2.24) is 9.80 Å². The Bertz CT molecular complexity index is 412. The maximum absolute atomic E-state index is 12.6. The molecule has 0 unspecified atom stereocenters. The minimum absolute atomic E-state index is 0.0725. The number of aliphatic carboxylic acids is 1. The molecule has 0 aromatic rings. The first-order chi connectivity index (χ1) is 10.2. The fraction of sp³-hybridized carbons (Fsp3) is 0.867. The second-order valence-corrected chi connectivity index (χ2v) is 6.31. The molecule has 1 N–H and O–H groups in total. The number of morpholine rings is 1. The monoisotopic (exact) mass is 296 g/mol. The van der Waals surface area contributed by atoms with Crippen molar-refractivity contribution in [2.24, 2.45) is 0 Å². The average molecular weight is 296 g/mol.